The van der Waals surface area contributed by atoms with Crippen LogP contribution in [0.15, 0.2) is 60.0 Å². The number of imidazole rings is 1. The second-order valence-electron chi connectivity index (χ2n) is 5.78. The highest BCUT2D eigenvalue weighted by Crippen LogP contribution is 2.13. The van der Waals surface area contributed by atoms with E-state index in [0.29, 0.717) is 11.5 Å². The maximum atomic E-state index is 12.1. The number of carbonyl (C=O) groups excluding carboxylic acids is 2. The van der Waals surface area contributed by atoms with Crippen LogP contribution in [0.3, 0.4) is 0 Å². The first-order chi connectivity index (χ1) is 13.0. The minimum atomic E-state index is -1.29. The van der Waals surface area contributed by atoms with Gasteiger partial charge in [0, 0.05) is 0 Å². The average molecular weight is 365 g/mol. The Bertz CT molecular complexity index is 992. The summed E-state index contributed by atoms with van der Waals surface area (Å²) in [5, 5.41) is 14.5. The van der Waals surface area contributed by atoms with Crippen LogP contribution in [0, 0.1) is 0 Å². The van der Waals surface area contributed by atoms with Crippen molar-refractivity contribution in [1.82, 2.24) is 15.0 Å². The minimum absolute atomic E-state index is 0.104. The first-order valence-electron chi connectivity index (χ1n) is 8.19. The van der Waals surface area contributed by atoms with Gasteiger partial charge in [0.25, 0.3) is 5.91 Å². The number of carboxylic acid groups (broad SMARTS) is 1. The van der Waals surface area contributed by atoms with E-state index in [4.69, 9.17) is 4.74 Å². The van der Waals surface area contributed by atoms with Crippen molar-refractivity contribution in [3.05, 3.63) is 60.4 Å². The Morgan fingerprint density at radius 2 is 1.93 bits per heavy atom. The molecule has 0 atom stereocenters. The maximum absolute atomic E-state index is 12.1. The molecule has 3 rings (SSSR count). The van der Waals surface area contributed by atoms with Crippen molar-refractivity contribution in [3.63, 3.8) is 0 Å². The number of carboxylic acids is 1. The predicted molar refractivity (Wildman–Crippen MR) is 97.0 cm³/mol. The van der Waals surface area contributed by atoms with Gasteiger partial charge >= 0.3 is 0 Å². The molecule has 0 aliphatic carbocycles. The molecule has 0 radical (unpaired) electrons. The van der Waals surface area contributed by atoms with Gasteiger partial charge in [0.05, 0.1) is 29.0 Å². The van der Waals surface area contributed by atoms with E-state index in [2.05, 4.69) is 15.5 Å². The van der Waals surface area contributed by atoms with Gasteiger partial charge in [-0.2, -0.15) is 5.10 Å². The Morgan fingerprint density at radius 3 is 2.67 bits per heavy atom. The zero-order chi connectivity index (χ0) is 19.2. The number of hydrazone groups is 1. The van der Waals surface area contributed by atoms with Crippen molar-refractivity contribution < 1.29 is 19.4 Å². The highest BCUT2D eigenvalue weighted by molar-refractivity contribution is 5.99. The van der Waals surface area contributed by atoms with Crippen molar-refractivity contribution in [1.29, 1.82) is 0 Å². The summed E-state index contributed by atoms with van der Waals surface area (Å²) in [5.74, 6) is -1.15. The van der Waals surface area contributed by atoms with Crippen LogP contribution in [0.25, 0.3) is 11.0 Å². The number of nitrogens with one attached hydrogen (secondary N) is 1. The topological polar surface area (TPSA) is 109 Å². The molecular weight excluding hydrogens is 348 g/mol. The fourth-order valence-electron chi connectivity index (χ4n) is 2.47. The number of amides is 1. The van der Waals surface area contributed by atoms with Crippen LogP contribution in [-0.2, 0) is 16.1 Å². The molecule has 1 N–H and O–H groups in total. The molecule has 8 heteroatoms. The van der Waals surface area contributed by atoms with E-state index < -0.39 is 12.6 Å². The summed E-state index contributed by atoms with van der Waals surface area (Å²) >= 11 is 0. The average Bonchev–Trinajstić information content (AvgIpc) is 3.08. The number of hydrogen-bond acceptors (Lipinski definition) is 6. The first-order valence-corrected chi connectivity index (χ1v) is 8.19. The zero-order valence-electron chi connectivity index (χ0n) is 14.6. The van der Waals surface area contributed by atoms with E-state index in [1.165, 1.54) is 0 Å². The van der Waals surface area contributed by atoms with Crippen molar-refractivity contribution in [2.75, 3.05) is 6.61 Å². The molecule has 0 fully saturated rings. The summed E-state index contributed by atoms with van der Waals surface area (Å²) in [6.45, 7) is 1.35. The molecule has 2 aromatic carbocycles. The highest BCUT2D eigenvalue weighted by Gasteiger charge is 2.07. The Balaban J connectivity index is 1.59. The van der Waals surface area contributed by atoms with Crippen LogP contribution in [0.4, 0.5) is 0 Å². The van der Waals surface area contributed by atoms with Gasteiger partial charge in [0.15, 0.2) is 0 Å². The molecular formula is C19H17N4O4-. The molecule has 3 aromatic rings. The maximum Gasteiger partial charge on any atom is 0.260 e. The number of benzene rings is 2. The fraction of sp³-hybridized carbons (Fsp3) is 0.158. The van der Waals surface area contributed by atoms with E-state index in [1.807, 2.05) is 24.3 Å². The first kappa shape index (κ1) is 18.1. The summed E-state index contributed by atoms with van der Waals surface area (Å²) in [6, 6.07) is 14.2. The molecule has 1 amide bonds. The van der Waals surface area contributed by atoms with Gasteiger partial charge in [-0.3, -0.25) is 4.79 Å². The zero-order valence-corrected chi connectivity index (χ0v) is 14.6. The number of aliphatic carboxylic acids is 1. The largest absolute Gasteiger partial charge is 0.546 e. The number of fused-ring (bicyclic) bond motifs is 1. The van der Waals surface area contributed by atoms with E-state index in [-0.39, 0.29) is 12.5 Å². The van der Waals surface area contributed by atoms with Crippen LogP contribution in [0.2, 0.25) is 0 Å². The lowest BCUT2D eigenvalue weighted by atomic mass is 10.1. The predicted octanol–water partition coefficient (Wildman–Crippen LogP) is 0.705. The Hall–Kier alpha value is -3.68. The molecule has 1 aromatic heterocycles. The van der Waals surface area contributed by atoms with Crippen LogP contribution in [0.1, 0.15) is 12.5 Å². The van der Waals surface area contributed by atoms with Crippen molar-refractivity contribution in [3.8, 4) is 5.75 Å². The number of carbonyl (C=O) groups is 2. The van der Waals surface area contributed by atoms with Gasteiger partial charge < -0.3 is 19.2 Å². The molecule has 0 aliphatic heterocycles. The SMILES string of the molecule is C/C(=N/NC(=O)Cn1cnc2ccccc21)c1ccc(OCC(=O)[O-])cc1. The Labute approximate surface area is 155 Å². The van der Waals surface area contributed by atoms with E-state index in [1.54, 1.807) is 42.1 Å². The molecule has 27 heavy (non-hydrogen) atoms. The lowest BCUT2D eigenvalue weighted by Crippen LogP contribution is -2.28. The Kier molecular flexibility index (Phi) is 5.46. The number of aromatic nitrogens is 2. The Morgan fingerprint density at radius 1 is 1.19 bits per heavy atom. The summed E-state index contributed by atoms with van der Waals surface area (Å²) in [7, 11) is 0. The second kappa shape index (κ2) is 8.13. The van der Waals surface area contributed by atoms with Gasteiger partial charge in [-0.05, 0) is 48.9 Å². The smallest absolute Gasteiger partial charge is 0.260 e. The second-order valence-corrected chi connectivity index (χ2v) is 5.78. The highest BCUT2D eigenvalue weighted by atomic mass is 16.5. The van der Waals surface area contributed by atoms with Crippen LogP contribution in [0.5, 0.6) is 5.75 Å². The third-order valence-electron chi connectivity index (χ3n) is 3.82. The lowest BCUT2D eigenvalue weighted by Gasteiger charge is -2.08. The summed E-state index contributed by atoms with van der Waals surface area (Å²) < 4.78 is 6.76. The van der Waals surface area contributed by atoms with Gasteiger partial charge in [0.1, 0.15) is 18.9 Å². The van der Waals surface area contributed by atoms with Gasteiger partial charge in [-0.15, -0.1) is 0 Å². The normalized spacial score (nSPS) is 11.4. The lowest BCUT2D eigenvalue weighted by molar-refractivity contribution is -0.307. The van der Waals surface area contributed by atoms with E-state index in [9.17, 15) is 14.7 Å². The van der Waals surface area contributed by atoms with Gasteiger partial charge in [0.2, 0.25) is 0 Å². The van der Waals surface area contributed by atoms with Crippen LogP contribution in [-0.4, -0.2) is 33.7 Å². The third-order valence-corrected chi connectivity index (χ3v) is 3.82. The molecule has 0 spiro atoms. The molecule has 0 saturated heterocycles. The van der Waals surface area contributed by atoms with Crippen molar-refractivity contribution in [2.24, 2.45) is 5.10 Å². The number of rotatable bonds is 7. The molecule has 0 unspecified atom stereocenters. The van der Waals surface area contributed by atoms with Crippen LogP contribution >= 0.6 is 0 Å². The number of ether oxygens (including phenoxy) is 1. The minimum Gasteiger partial charge on any atom is -0.546 e. The van der Waals surface area contributed by atoms with E-state index in [0.717, 1.165) is 16.6 Å². The number of para-hydroxylation sites is 2. The quantitative estimate of drug-likeness (QED) is 0.490. The van der Waals surface area contributed by atoms with Gasteiger partial charge in [-0.1, -0.05) is 12.1 Å². The number of nitrogens with zero attached hydrogens (tertiary/aromatic N) is 3. The molecule has 0 saturated carbocycles. The van der Waals surface area contributed by atoms with Crippen LogP contribution < -0.4 is 15.3 Å². The monoisotopic (exact) mass is 365 g/mol. The summed E-state index contributed by atoms with van der Waals surface area (Å²) in [6.07, 6.45) is 1.62. The summed E-state index contributed by atoms with van der Waals surface area (Å²) in [5.41, 5.74) is 5.59. The molecule has 0 bridgehead atoms. The van der Waals surface area contributed by atoms with E-state index >= 15 is 0 Å². The molecule has 1 heterocycles. The van der Waals surface area contributed by atoms with Crippen molar-refractivity contribution in [2.45, 2.75) is 13.5 Å². The standard InChI is InChI=1S/C19H18N4O4/c1-13(14-6-8-15(9-7-14)27-11-19(25)26)21-22-18(24)10-23-12-20-16-4-2-3-5-17(16)23/h2-9,12H,10-11H2,1H3,(H,22,24)(H,25,26)/p-1/b21-13-. The fourth-order valence-corrected chi connectivity index (χ4v) is 2.47. The molecule has 8 nitrogen and oxygen atoms in total. The molecule has 0 aliphatic rings. The van der Waals surface area contributed by atoms with Crippen molar-refractivity contribution >= 4 is 28.6 Å². The van der Waals surface area contributed by atoms with Gasteiger partial charge in [-0.25, -0.2) is 10.4 Å². The number of hydrogen-bond donors (Lipinski definition) is 1. The summed E-state index contributed by atoms with van der Waals surface area (Å²) in [4.78, 5) is 26.8. The molecule has 138 valence electrons. The third kappa shape index (κ3) is 4.69.